The number of thioether (sulfide) groups is 1. The number of nitrogens with two attached hydrogens (primary N) is 1. The summed E-state index contributed by atoms with van der Waals surface area (Å²) in [6.07, 6.45) is 2.82. The first-order valence-corrected chi connectivity index (χ1v) is 11.0. The second-order valence-electron chi connectivity index (χ2n) is 4.08. The average molecular weight is 452 g/mol. The molecular formula is C16H31NO4SSn. The van der Waals surface area contributed by atoms with E-state index in [1.807, 2.05) is 24.8 Å². The quantitative estimate of drug-likeness (QED) is 0.490. The maximum absolute atomic E-state index is 8.93. The van der Waals surface area contributed by atoms with Crippen LogP contribution >= 0.6 is 11.8 Å². The smallest absolute Gasteiger partial charge is 0.0809 e. The van der Waals surface area contributed by atoms with E-state index in [2.05, 4.69) is 0 Å². The van der Waals surface area contributed by atoms with Crippen LogP contribution in [0.15, 0.2) is 16.7 Å². The first-order chi connectivity index (χ1) is 11.0. The molecule has 134 valence electrons. The first kappa shape index (κ1) is 28.1. The van der Waals surface area contributed by atoms with Crippen molar-refractivity contribution >= 4 is 34.3 Å². The Hall–Kier alpha value is 0.269. The Morgan fingerprint density at radius 3 is 2.00 bits per heavy atom. The van der Waals surface area contributed by atoms with Crippen molar-refractivity contribution in [2.24, 2.45) is 5.73 Å². The second-order valence-corrected chi connectivity index (χ2v) is 6.73. The van der Waals surface area contributed by atoms with E-state index in [0.29, 0.717) is 0 Å². The minimum Gasteiger partial charge on any atom is -0.855 e. The molecule has 1 rings (SSSR count). The predicted molar refractivity (Wildman–Crippen MR) is 94.5 cm³/mol. The van der Waals surface area contributed by atoms with Crippen LogP contribution in [0.1, 0.15) is 45.1 Å². The van der Waals surface area contributed by atoms with Crippen molar-refractivity contribution in [1.82, 2.24) is 0 Å². The molecule has 0 saturated heterocycles. The molecule has 1 aromatic heterocycles. The van der Waals surface area contributed by atoms with Crippen molar-refractivity contribution in [3.05, 3.63) is 23.7 Å². The van der Waals surface area contributed by atoms with Gasteiger partial charge in [-0.3, -0.25) is 0 Å². The molecule has 5 nitrogen and oxygen atoms in total. The van der Waals surface area contributed by atoms with Crippen LogP contribution in [0.4, 0.5) is 0 Å². The van der Waals surface area contributed by atoms with Crippen molar-refractivity contribution in [2.45, 2.75) is 44.6 Å². The van der Waals surface area contributed by atoms with E-state index in [1.165, 1.54) is 21.5 Å². The van der Waals surface area contributed by atoms with Crippen LogP contribution in [-0.2, 0) is 6.42 Å². The second kappa shape index (κ2) is 24.5. The molecule has 0 aliphatic carbocycles. The van der Waals surface area contributed by atoms with Crippen LogP contribution in [0.25, 0.3) is 0 Å². The number of hydrogen-bond acceptors (Lipinski definition) is 6. The van der Waals surface area contributed by atoms with Crippen molar-refractivity contribution in [2.75, 3.05) is 31.3 Å². The zero-order valence-electron chi connectivity index (χ0n) is 14.8. The van der Waals surface area contributed by atoms with E-state index in [1.54, 1.807) is 49.6 Å². The molecule has 0 radical (unpaired) electrons. The molecule has 1 atom stereocenters. The molecule has 7 heteroatoms. The maximum Gasteiger partial charge on any atom is -0.0809 e. The minimum atomic E-state index is 0. The minimum absolute atomic E-state index is 0. The van der Waals surface area contributed by atoms with Gasteiger partial charge in [-0.1, -0.05) is 20.8 Å². The Balaban J connectivity index is -0.000000371. The summed E-state index contributed by atoms with van der Waals surface area (Å²) in [5.74, 6) is 3.41. The van der Waals surface area contributed by atoms with Crippen LogP contribution in [-0.4, -0.2) is 53.9 Å². The van der Waals surface area contributed by atoms with Gasteiger partial charge in [0, 0.05) is 0 Å². The van der Waals surface area contributed by atoms with E-state index in [4.69, 9.17) is 25.5 Å². The fourth-order valence-corrected chi connectivity index (χ4v) is 3.26. The van der Waals surface area contributed by atoms with Crippen molar-refractivity contribution < 1.29 is 19.7 Å². The molecule has 1 heterocycles. The topological polar surface area (TPSA) is 108 Å². The predicted octanol–water partition coefficient (Wildman–Crippen LogP) is 0.262. The summed E-state index contributed by atoms with van der Waals surface area (Å²) >= 11 is 3.64. The van der Waals surface area contributed by atoms with E-state index < -0.39 is 0 Å². The summed E-state index contributed by atoms with van der Waals surface area (Å²) in [5.41, 5.74) is 7.07. The van der Waals surface area contributed by atoms with Gasteiger partial charge >= 0.3 is 103 Å². The van der Waals surface area contributed by atoms with Gasteiger partial charge in [-0.2, -0.15) is 0 Å². The average Bonchev–Trinajstić information content (AvgIpc) is 2.95. The molecule has 0 fully saturated rings. The van der Waals surface area contributed by atoms with Crippen LogP contribution in [0.5, 0.6) is 0 Å². The number of furan rings is 1. The normalized spacial score (nSPS) is 10.3. The van der Waals surface area contributed by atoms with Gasteiger partial charge < -0.3 is 15.3 Å². The van der Waals surface area contributed by atoms with Crippen LogP contribution in [0, 0.1) is 0 Å². The fourth-order valence-electron chi connectivity index (χ4n) is 1.31. The molecule has 2 N–H and O–H groups in total. The third kappa shape index (κ3) is 22.3. The molecule has 1 aromatic rings. The molecule has 0 aromatic carbocycles. The third-order valence-corrected chi connectivity index (χ3v) is 4.69. The molecule has 0 saturated carbocycles. The number of aryl methyl sites for hydroxylation is 1. The Labute approximate surface area is 159 Å². The Morgan fingerprint density at radius 1 is 1.13 bits per heavy atom. The molecule has 23 heavy (non-hydrogen) atoms. The first-order valence-electron chi connectivity index (χ1n) is 7.78. The Morgan fingerprint density at radius 2 is 1.61 bits per heavy atom. The zero-order valence-corrected chi connectivity index (χ0v) is 18.5. The van der Waals surface area contributed by atoms with Crippen LogP contribution in [0.2, 0.25) is 4.44 Å². The van der Waals surface area contributed by atoms with Gasteiger partial charge in [0.1, 0.15) is 0 Å². The van der Waals surface area contributed by atoms with E-state index in [0.717, 1.165) is 12.2 Å². The number of rotatable bonds is 6. The Bertz CT molecular complexity index is 307. The van der Waals surface area contributed by atoms with Crippen molar-refractivity contribution in [3.8, 4) is 0 Å². The van der Waals surface area contributed by atoms with Gasteiger partial charge in [0.15, 0.2) is 0 Å². The maximum atomic E-state index is 8.93. The van der Waals surface area contributed by atoms with Gasteiger partial charge in [-0.15, -0.1) is 19.8 Å². The van der Waals surface area contributed by atoms with Gasteiger partial charge in [-0.25, -0.2) is 0 Å². The van der Waals surface area contributed by atoms with Gasteiger partial charge in [0.2, 0.25) is 0 Å². The molecule has 0 spiro atoms. The molecule has 0 aliphatic rings. The largest absolute Gasteiger partial charge is 0.855 e. The van der Waals surface area contributed by atoms with Gasteiger partial charge in [0.05, 0.1) is 0 Å². The van der Waals surface area contributed by atoms with E-state index in [-0.39, 0.29) is 25.9 Å². The number of hydrogen-bond donors (Lipinski definition) is 1. The van der Waals surface area contributed by atoms with Crippen LogP contribution < -0.4 is 21.1 Å². The fraction of sp³-hybridized carbons (Fsp3) is 0.750. The molecule has 0 amide bonds. The van der Waals surface area contributed by atoms with Gasteiger partial charge in [-0.05, 0) is 0 Å². The molecule has 0 aliphatic heterocycles. The summed E-state index contributed by atoms with van der Waals surface area (Å²) < 4.78 is 6.69. The van der Waals surface area contributed by atoms with E-state index >= 15 is 0 Å². The van der Waals surface area contributed by atoms with Crippen molar-refractivity contribution in [1.29, 1.82) is 0 Å². The summed E-state index contributed by atoms with van der Waals surface area (Å²) in [5, 5.41) is 26.8. The third-order valence-electron chi connectivity index (χ3n) is 1.96. The Kier molecular flexibility index (Phi) is 29.9. The summed E-state index contributed by atoms with van der Waals surface area (Å²) in [6, 6.07) is 2.05. The molecule has 0 bridgehead atoms. The zero-order chi connectivity index (χ0) is 18.5. The molecule has 1 unspecified atom stereocenters. The summed E-state index contributed by atoms with van der Waals surface area (Å²) in [6.45, 7) is 6.67. The summed E-state index contributed by atoms with van der Waals surface area (Å²) in [7, 11) is 0. The monoisotopic (exact) mass is 453 g/mol. The molecular weight excluding hydrogens is 421 g/mol. The SMILES string of the molecule is CC(N)c1occc1CCSC[CH2][Sn+3].CC[O-].CC[O-].CC[O-]. The summed E-state index contributed by atoms with van der Waals surface area (Å²) in [4.78, 5) is 0. The van der Waals surface area contributed by atoms with Crippen molar-refractivity contribution in [3.63, 3.8) is 0 Å². The standard InChI is InChI=1S/C10H16NOS.3C2H5O.Sn/c1-3-13-7-5-9-4-6-12-10(9)8(2)11;3*1-2-3;/h4,6,8H,1,3,5,7,11H2,2H3;3*2H2,1H3;/q;3*-1;+3. The van der Waals surface area contributed by atoms with Crippen LogP contribution in [0.3, 0.4) is 0 Å². The van der Waals surface area contributed by atoms with E-state index in [9.17, 15) is 0 Å². The van der Waals surface area contributed by atoms with Gasteiger partial charge in [0.25, 0.3) is 0 Å².